The zero-order valence-corrected chi connectivity index (χ0v) is 12.7. The SMILES string of the molecule is CNCc1sc(N2CCSCC2C)nc1C1CC1. The van der Waals surface area contributed by atoms with E-state index in [2.05, 4.69) is 28.9 Å². The van der Waals surface area contributed by atoms with Gasteiger partial charge in [0.2, 0.25) is 0 Å². The van der Waals surface area contributed by atoms with Crippen molar-refractivity contribution in [1.82, 2.24) is 10.3 Å². The summed E-state index contributed by atoms with van der Waals surface area (Å²) in [6.07, 6.45) is 2.68. The van der Waals surface area contributed by atoms with Gasteiger partial charge in [0.25, 0.3) is 0 Å². The highest BCUT2D eigenvalue weighted by molar-refractivity contribution is 7.99. The minimum absolute atomic E-state index is 0.629. The molecular weight excluding hydrogens is 262 g/mol. The molecule has 1 atom stereocenters. The first kappa shape index (κ1) is 12.8. The lowest BCUT2D eigenvalue weighted by Crippen LogP contribution is -2.40. The van der Waals surface area contributed by atoms with Crippen molar-refractivity contribution in [3.8, 4) is 0 Å². The first-order valence-electron chi connectivity index (χ1n) is 6.78. The summed E-state index contributed by atoms with van der Waals surface area (Å²) in [5.41, 5.74) is 1.38. The van der Waals surface area contributed by atoms with E-state index in [1.165, 1.54) is 40.0 Å². The van der Waals surface area contributed by atoms with E-state index < -0.39 is 0 Å². The fraction of sp³-hybridized carbons (Fsp3) is 0.769. The molecule has 0 aromatic carbocycles. The third-order valence-corrected chi connectivity index (χ3v) is 5.93. The molecule has 0 spiro atoms. The summed E-state index contributed by atoms with van der Waals surface area (Å²) < 4.78 is 0. The largest absolute Gasteiger partial charge is 0.344 e. The molecule has 1 saturated carbocycles. The second-order valence-electron chi connectivity index (χ2n) is 5.23. The van der Waals surface area contributed by atoms with Crippen LogP contribution in [-0.2, 0) is 6.54 Å². The molecule has 0 bridgehead atoms. The van der Waals surface area contributed by atoms with E-state index in [1.807, 2.05) is 18.4 Å². The highest BCUT2D eigenvalue weighted by Crippen LogP contribution is 2.44. The van der Waals surface area contributed by atoms with Gasteiger partial charge >= 0.3 is 0 Å². The first-order valence-corrected chi connectivity index (χ1v) is 8.75. The van der Waals surface area contributed by atoms with Crippen LogP contribution in [-0.4, -0.2) is 36.1 Å². The van der Waals surface area contributed by atoms with Crippen molar-refractivity contribution in [2.24, 2.45) is 0 Å². The maximum Gasteiger partial charge on any atom is 0.186 e. The van der Waals surface area contributed by atoms with Gasteiger partial charge in [-0.15, -0.1) is 11.3 Å². The average Bonchev–Trinajstić information content (AvgIpc) is 3.13. The summed E-state index contributed by atoms with van der Waals surface area (Å²) in [5.74, 6) is 3.23. The van der Waals surface area contributed by atoms with Gasteiger partial charge in [0, 0.05) is 41.4 Å². The van der Waals surface area contributed by atoms with Crippen LogP contribution in [0.5, 0.6) is 0 Å². The third-order valence-electron chi connectivity index (χ3n) is 3.63. The lowest BCUT2D eigenvalue weighted by atomic mass is 10.2. The zero-order chi connectivity index (χ0) is 12.5. The topological polar surface area (TPSA) is 28.2 Å². The minimum Gasteiger partial charge on any atom is -0.344 e. The van der Waals surface area contributed by atoms with Gasteiger partial charge in [-0.1, -0.05) is 0 Å². The number of thiazole rings is 1. The number of nitrogens with one attached hydrogen (secondary N) is 1. The van der Waals surface area contributed by atoms with Crippen molar-refractivity contribution in [2.45, 2.75) is 38.3 Å². The van der Waals surface area contributed by atoms with Crippen molar-refractivity contribution in [1.29, 1.82) is 0 Å². The fourth-order valence-electron chi connectivity index (χ4n) is 2.45. The Morgan fingerprint density at radius 2 is 2.28 bits per heavy atom. The molecule has 2 heterocycles. The molecule has 2 aliphatic rings. The molecule has 1 aromatic heterocycles. The van der Waals surface area contributed by atoms with Gasteiger partial charge in [0.15, 0.2) is 5.13 Å². The van der Waals surface area contributed by atoms with E-state index in [0.717, 1.165) is 19.0 Å². The van der Waals surface area contributed by atoms with E-state index >= 15 is 0 Å². The van der Waals surface area contributed by atoms with Crippen molar-refractivity contribution >= 4 is 28.2 Å². The number of rotatable bonds is 4. The Kier molecular flexibility index (Phi) is 3.82. The van der Waals surface area contributed by atoms with Gasteiger partial charge in [-0.3, -0.25) is 0 Å². The highest BCUT2D eigenvalue weighted by atomic mass is 32.2. The maximum atomic E-state index is 4.96. The van der Waals surface area contributed by atoms with Crippen LogP contribution in [0.25, 0.3) is 0 Å². The predicted octanol–water partition coefficient (Wildman–Crippen LogP) is 2.68. The van der Waals surface area contributed by atoms with Gasteiger partial charge in [-0.05, 0) is 26.8 Å². The van der Waals surface area contributed by atoms with Gasteiger partial charge < -0.3 is 10.2 Å². The number of thioether (sulfide) groups is 1. The van der Waals surface area contributed by atoms with E-state index in [0.29, 0.717) is 6.04 Å². The summed E-state index contributed by atoms with van der Waals surface area (Å²) in [6, 6.07) is 0.629. The fourth-order valence-corrected chi connectivity index (χ4v) is 4.75. The average molecular weight is 283 g/mol. The Hall–Kier alpha value is -0.260. The van der Waals surface area contributed by atoms with Gasteiger partial charge in [-0.25, -0.2) is 4.98 Å². The second kappa shape index (κ2) is 5.39. The van der Waals surface area contributed by atoms with Crippen LogP contribution in [0.3, 0.4) is 0 Å². The molecule has 2 fully saturated rings. The molecule has 5 heteroatoms. The van der Waals surface area contributed by atoms with E-state index in [-0.39, 0.29) is 0 Å². The number of hydrogen-bond acceptors (Lipinski definition) is 5. The maximum absolute atomic E-state index is 4.96. The number of hydrogen-bond donors (Lipinski definition) is 1. The summed E-state index contributed by atoms with van der Waals surface area (Å²) in [7, 11) is 2.02. The van der Waals surface area contributed by atoms with Crippen LogP contribution >= 0.6 is 23.1 Å². The highest BCUT2D eigenvalue weighted by Gasteiger charge is 2.31. The monoisotopic (exact) mass is 283 g/mol. The molecule has 18 heavy (non-hydrogen) atoms. The molecule has 1 unspecified atom stereocenters. The molecule has 1 saturated heterocycles. The Morgan fingerprint density at radius 3 is 2.94 bits per heavy atom. The lowest BCUT2D eigenvalue weighted by Gasteiger charge is -2.32. The molecule has 1 aliphatic carbocycles. The van der Waals surface area contributed by atoms with Crippen molar-refractivity contribution < 1.29 is 0 Å². The summed E-state index contributed by atoms with van der Waals surface area (Å²) >= 11 is 3.97. The quantitative estimate of drug-likeness (QED) is 0.919. The normalized spacial score (nSPS) is 24.6. The van der Waals surface area contributed by atoms with E-state index in [4.69, 9.17) is 4.98 Å². The molecular formula is C13H21N3S2. The van der Waals surface area contributed by atoms with E-state index in [9.17, 15) is 0 Å². The van der Waals surface area contributed by atoms with Crippen LogP contribution in [0.2, 0.25) is 0 Å². The molecule has 3 rings (SSSR count). The van der Waals surface area contributed by atoms with E-state index in [1.54, 1.807) is 0 Å². The molecule has 0 amide bonds. The van der Waals surface area contributed by atoms with Crippen molar-refractivity contribution in [2.75, 3.05) is 30.0 Å². The molecule has 1 aromatic rings. The lowest BCUT2D eigenvalue weighted by molar-refractivity contribution is 0.695. The summed E-state index contributed by atoms with van der Waals surface area (Å²) in [5, 5.41) is 4.54. The van der Waals surface area contributed by atoms with Gasteiger partial charge in [0.1, 0.15) is 0 Å². The molecule has 0 radical (unpaired) electrons. The summed E-state index contributed by atoms with van der Waals surface area (Å²) in [4.78, 5) is 8.92. The molecule has 100 valence electrons. The van der Waals surface area contributed by atoms with Crippen LogP contribution in [0.4, 0.5) is 5.13 Å². The van der Waals surface area contributed by atoms with Gasteiger partial charge in [0.05, 0.1) is 5.69 Å². The smallest absolute Gasteiger partial charge is 0.186 e. The van der Waals surface area contributed by atoms with Crippen molar-refractivity contribution in [3.63, 3.8) is 0 Å². The molecule has 1 N–H and O–H groups in total. The van der Waals surface area contributed by atoms with Crippen LogP contribution in [0, 0.1) is 0 Å². The van der Waals surface area contributed by atoms with Gasteiger partial charge in [-0.2, -0.15) is 11.8 Å². The standard InChI is InChI=1S/C13H21N3S2/c1-9-8-17-6-5-16(9)13-15-12(10-3-4-10)11(18-13)7-14-2/h9-10,14H,3-8H2,1-2H3. The Bertz CT molecular complexity index is 414. The molecule has 1 aliphatic heterocycles. The number of nitrogens with zero attached hydrogens (tertiary/aromatic N) is 2. The van der Waals surface area contributed by atoms with Crippen LogP contribution < -0.4 is 10.2 Å². The Morgan fingerprint density at radius 1 is 1.44 bits per heavy atom. The predicted molar refractivity (Wildman–Crippen MR) is 81.0 cm³/mol. The van der Waals surface area contributed by atoms with Crippen LogP contribution in [0.15, 0.2) is 0 Å². The Balaban J connectivity index is 1.84. The Labute approximate surface area is 117 Å². The first-order chi connectivity index (χ1) is 8.79. The van der Waals surface area contributed by atoms with Crippen LogP contribution in [0.1, 0.15) is 36.3 Å². The second-order valence-corrected chi connectivity index (χ2v) is 7.44. The number of aromatic nitrogens is 1. The minimum atomic E-state index is 0.629. The number of anilines is 1. The zero-order valence-electron chi connectivity index (χ0n) is 11.1. The summed E-state index contributed by atoms with van der Waals surface area (Å²) in [6.45, 7) is 4.45. The molecule has 3 nitrogen and oxygen atoms in total. The van der Waals surface area contributed by atoms with Crippen molar-refractivity contribution in [3.05, 3.63) is 10.6 Å². The third kappa shape index (κ3) is 2.53.